The van der Waals surface area contributed by atoms with Crippen molar-refractivity contribution in [3.63, 3.8) is 0 Å². The SMILES string of the molecule is CSc1nc(N2CCCC2)c2cnn(CCNC(=O)c3cccc([N+](=O)[O-])c3)c2n1. The van der Waals surface area contributed by atoms with E-state index in [1.54, 1.807) is 16.9 Å². The average Bonchev–Trinajstić information content (AvgIpc) is 3.43. The number of nitro benzene ring substituents is 1. The summed E-state index contributed by atoms with van der Waals surface area (Å²) in [6.45, 7) is 2.69. The van der Waals surface area contributed by atoms with E-state index in [9.17, 15) is 14.9 Å². The van der Waals surface area contributed by atoms with Gasteiger partial charge in [-0.25, -0.2) is 14.6 Å². The number of amides is 1. The summed E-state index contributed by atoms with van der Waals surface area (Å²) < 4.78 is 1.75. The van der Waals surface area contributed by atoms with Gasteiger partial charge in [-0.2, -0.15) is 5.10 Å². The first kappa shape index (κ1) is 20.1. The number of hydrogen-bond acceptors (Lipinski definition) is 8. The van der Waals surface area contributed by atoms with E-state index >= 15 is 0 Å². The van der Waals surface area contributed by atoms with E-state index in [1.807, 2.05) is 6.26 Å². The molecule has 0 radical (unpaired) electrons. The van der Waals surface area contributed by atoms with Crippen LogP contribution in [0.2, 0.25) is 0 Å². The smallest absolute Gasteiger partial charge is 0.270 e. The van der Waals surface area contributed by atoms with Gasteiger partial charge >= 0.3 is 0 Å². The molecule has 10 nitrogen and oxygen atoms in total. The normalized spacial score (nSPS) is 13.7. The quantitative estimate of drug-likeness (QED) is 0.264. The second-order valence-electron chi connectivity index (χ2n) is 6.90. The van der Waals surface area contributed by atoms with Crippen molar-refractivity contribution in [1.82, 2.24) is 25.1 Å². The third-order valence-electron chi connectivity index (χ3n) is 4.97. The Labute approximate surface area is 176 Å². The molecule has 30 heavy (non-hydrogen) atoms. The van der Waals surface area contributed by atoms with Gasteiger partial charge in [0.2, 0.25) is 0 Å². The Hall–Kier alpha value is -3.21. The predicted molar refractivity (Wildman–Crippen MR) is 114 cm³/mol. The molecule has 0 spiro atoms. The molecule has 0 atom stereocenters. The van der Waals surface area contributed by atoms with Crippen molar-refractivity contribution in [3.8, 4) is 0 Å². The van der Waals surface area contributed by atoms with E-state index in [1.165, 1.54) is 30.0 Å². The molecule has 0 saturated carbocycles. The highest BCUT2D eigenvalue weighted by molar-refractivity contribution is 7.98. The van der Waals surface area contributed by atoms with Gasteiger partial charge in [-0.15, -0.1) is 0 Å². The fraction of sp³-hybridized carbons (Fsp3) is 0.368. The Bertz CT molecular complexity index is 1090. The number of carbonyl (C=O) groups is 1. The first-order valence-electron chi connectivity index (χ1n) is 9.62. The van der Waals surface area contributed by atoms with Crippen molar-refractivity contribution in [2.24, 2.45) is 0 Å². The number of rotatable bonds is 7. The zero-order valence-corrected chi connectivity index (χ0v) is 17.3. The Balaban J connectivity index is 1.49. The van der Waals surface area contributed by atoms with Crippen LogP contribution in [0.25, 0.3) is 11.0 Å². The summed E-state index contributed by atoms with van der Waals surface area (Å²) in [6.07, 6.45) is 6.01. The monoisotopic (exact) mass is 427 g/mol. The summed E-state index contributed by atoms with van der Waals surface area (Å²) in [5.74, 6) is 0.543. The number of fused-ring (bicyclic) bond motifs is 1. The minimum absolute atomic E-state index is 0.114. The molecule has 11 heteroatoms. The van der Waals surface area contributed by atoms with Gasteiger partial charge in [0.1, 0.15) is 5.82 Å². The maximum absolute atomic E-state index is 12.3. The fourth-order valence-corrected chi connectivity index (χ4v) is 3.84. The van der Waals surface area contributed by atoms with Crippen molar-refractivity contribution < 1.29 is 9.72 Å². The van der Waals surface area contributed by atoms with E-state index in [4.69, 9.17) is 0 Å². The van der Waals surface area contributed by atoms with Crippen LogP contribution >= 0.6 is 11.8 Å². The van der Waals surface area contributed by atoms with Crippen LogP contribution in [0, 0.1) is 10.1 Å². The molecule has 1 aliphatic rings. The molecule has 2 aromatic heterocycles. The number of thioether (sulfide) groups is 1. The zero-order valence-electron chi connectivity index (χ0n) is 16.4. The maximum atomic E-state index is 12.3. The molecule has 4 rings (SSSR count). The lowest BCUT2D eigenvalue weighted by Gasteiger charge is -2.17. The highest BCUT2D eigenvalue weighted by Gasteiger charge is 2.20. The molecular weight excluding hydrogens is 406 g/mol. The van der Waals surface area contributed by atoms with Gasteiger partial charge in [0.05, 0.1) is 23.1 Å². The summed E-state index contributed by atoms with van der Waals surface area (Å²) in [7, 11) is 0. The van der Waals surface area contributed by atoms with Crippen LogP contribution in [-0.2, 0) is 6.54 Å². The molecule has 1 aliphatic heterocycles. The maximum Gasteiger partial charge on any atom is 0.270 e. The van der Waals surface area contributed by atoms with Gasteiger partial charge in [0, 0.05) is 37.3 Å². The Kier molecular flexibility index (Phi) is 5.79. The number of nitro groups is 1. The molecule has 3 aromatic rings. The average molecular weight is 427 g/mol. The van der Waals surface area contributed by atoms with E-state index in [-0.39, 0.29) is 17.2 Å². The third kappa shape index (κ3) is 4.06. The van der Waals surface area contributed by atoms with Crippen LogP contribution < -0.4 is 10.2 Å². The summed E-state index contributed by atoms with van der Waals surface area (Å²) in [5, 5.41) is 19.7. The number of non-ortho nitro benzene ring substituents is 1. The van der Waals surface area contributed by atoms with Gasteiger partial charge in [0.25, 0.3) is 11.6 Å². The number of benzene rings is 1. The largest absolute Gasteiger partial charge is 0.356 e. The molecule has 3 heterocycles. The summed E-state index contributed by atoms with van der Waals surface area (Å²) in [4.78, 5) is 34.3. The van der Waals surface area contributed by atoms with Crippen LogP contribution in [0.15, 0.2) is 35.6 Å². The lowest BCUT2D eigenvalue weighted by molar-refractivity contribution is -0.384. The summed E-state index contributed by atoms with van der Waals surface area (Å²) in [5.41, 5.74) is 0.871. The van der Waals surface area contributed by atoms with Crippen molar-refractivity contribution in [2.45, 2.75) is 24.5 Å². The Morgan fingerprint density at radius 1 is 1.30 bits per heavy atom. The number of nitrogens with zero attached hydrogens (tertiary/aromatic N) is 6. The van der Waals surface area contributed by atoms with Crippen LogP contribution in [0.4, 0.5) is 11.5 Å². The molecular formula is C19H21N7O3S. The van der Waals surface area contributed by atoms with Crippen LogP contribution in [0.5, 0.6) is 0 Å². The Morgan fingerprint density at radius 2 is 2.10 bits per heavy atom. The summed E-state index contributed by atoms with van der Waals surface area (Å²) >= 11 is 1.48. The van der Waals surface area contributed by atoms with E-state index < -0.39 is 4.92 Å². The van der Waals surface area contributed by atoms with Crippen LogP contribution in [-0.4, -0.2) is 56.5 Å². The van der Waals surface area contributed by atoms with Gasteiger partial charge in [0.15, 0.2) is 10.8 Å². The lowest BCUT2D eigenvalue weighted by atomic mass is 10.2. The van der Waals surface area contributed by atoms with Crippen molar-refractivity contribution >= 4 is 40.2 Å². The minimum atomic E-state index is -0.520. The highest BCUT2D eigenvalue weighted by Crippen LogP contribution is 2.28. The molecule has 0 bridgehead atoms. The lowest BCUT2D eigenvalue weighted by Crippen LogP contribution is -2.27. The molecule has 1 fully saturated rings. The van der Waals surface area contributed by atoms with Gasteiger partial charge in [-0.05, 0) is 25.2 Å². The molecule has 0 unspecified atom stereocenters. The first-order valence-corrected chi connectivity index (χ1v) is 10.8. The molecule has 1 saturated heterocycles. The van der Waals surface area contributed by atoms with E-state index in [0.29, 0.717) is 18.2 Å². The predicted octanol–water partition coefficient (Wildman–Crippen LogP) is 2.49. The Morgan fingerprint density at radius 3 is 2.83 bits per heavy atom. The zero-order chi connectivity index (χ0) is 21.1. The number of aromatic nitrogens is 4. The molecule has 1 N–H and O–H groups in total. The topological polar surface area (TPSA) is 119 Å². The molecule has 1 aromatic carbocycles. The number of carbonyl (C=O) groups excluding carboxylic acids is 1. The second-order valence-corrected chi connectivity index (χ2v) is 7.67. The van der Waals surface area contributed by atoms with Crippen molar-refractivity contribution in [1.29, 1.82) is 0 Å². The highest BCUT2D eigenvalue weighted by atomic mass is 32.2. The minimum Gasteiger partial charge on any atom is -0.356 e. The first-order chi connectivity index (χ1) is 14.6. The van der Waals surface area contributed by atoms with Gasteiger partial charge in [-0.3, -0.25) is 14.9 Å². The molecule has 0 aliphatic carbocycles. The fourth-order valence-electron chi connectivity index (χ4n) is 3.48. The van der Waals surface area contributed by atoms with E-state index in [0.717, 1.165) is 42.8 Å². The molecule has 1 amide bonds. The number of anilines is 1. The number of nitrogens with one attached hydrogen (secondary N) is 1. The second kappa shape index (κ2) is 8.66. The van der Waals surface area contributed by atoms with Gasteiger partial charge in [-0.1, -0.05) is 17.8 Å². The number of hydrogen-bond donors (Lipinski definition) is 1. The van der Waals surface area contributed by atoms with E-state index in [2.05, 4.69) is 25.3 Å². The summed E-state index contributed by atoms with van der Waals surface area (Å²) in [6, 6.07) is 5.66. The van der Waals surface area contributed by atoms with Crippen LogP contribution in [0.3, 0.4) is 0 Å². The van der Waals surface area contributed by atoms with Crippen molar-refractivity contribution in [2.75, 3.05) is 30.8 Å². The van der Waals surface area contributed by atoms with Crippen molar-refractivity contribution in [3.05, 3.63) is 46.1 Å². The van der Waals surface area contributed by atoms with Gasteiger partial charge < -0.3 is 10.2 Å². The standard InChI is InChI=1S/C19H21N7O3S/c1-30-19-22-16(24-8-2-3-9-24)15-12-21-25(17(15)23-19)10-7-20-18(27)13-5-4-6-14(11-13)26(28)29/h4-6,11-12H,2-3,7-10H2,1H3,(H,20,27). The van der Waals surface area contributed by atoms with Crippen LogP contribution in [0.1, 0.15) is 23.2 Å². The molecule has 156 valence electrons. The third-order valence-corrected chi connectivity index (χ3v) is 5.52.